The number of ketones is 1. The van der Waals surface area contributed by atoms with Crippen LogP contribution in [0.4, 0.5) is 11.4 Å². The van der Waals surface area contributed by atoms with E-state index in [0.717, 1.165) is 17.0 Å². The molecule has 2 aromatic rings. The van der Waals surface area contributed by atoms with Crippen molar-refractivity contribution in [3.05, 3.63) is 59.3 Å². The van der Waals surface area contributed by atoms with E-state index in [2.05, 4.69) is 10.6 Å². The molecule has 0 heterocycles. The topological polar surface area (TPSA) is 76.7 Å². The van der Waals surface area contributed by atoms with Crippen molar-refractivity contribution in [3.8, 4) is 11.5 Å². The zero-order chi connectivity index (χ0) is 19.4. The Labute approximate surface area is 158 Å². The van der Waals surface area contributed by atoms with Gasteiger partial charge < -0.3 is 20.1 Å². The Balaban J connectivity index is 1.79. The molecule has 0 saturated carbocycles. The quantitative estimate of drug-likeness (QED) is 0.808. The molecule has 2 aromatic carbocycles. The third kappa shape index (κ3) is 4.11. The van der Waals surface area contributed by atoms with Gasteiger partial charge in [-0.2, -0.15) is 0 Å². The number of amides is 1. The number of hydrogen-bond donors (Lipinski definition) is 2. The minimum Gasteiger partial charge on any atom is -0.497 e. The first kappa shape index (κ1) is 18.5. The molecule has 0 aromatic heterocycles. The van der Waals surface area contributed by atoms with Crippen LogP contribution in [0.15, 0.2) is 53.7 Å². The zero-order valence-electron chi connectivity index (χ0n) is 15.6. The highest BCUT2D eigenvalue weighted by atomic mass is 16.5. The molecular weight excluding hydrogens is 344 g/mol. The van der Waals surface area contributed by atoms with E-state index in [-0.39, 0.29) is 11.7 Å². The second-order valence-corrected chi connectivity index (χ2v) is 6.25. The van der Waals surface area contributed by atoms with Gasteiger partial charge in [-0.3, -0.25) is 9.59 Å². The van der Waals surface area contributed by atoms with E-state index in [1.54, 1.807) is 49.6 Å². The van der Waals surface area contributed by atoms with E-state index in [1.807, 2.05) is 6.92 Å². The molecule has 0 fully saturated rings. The van der Waals surface area contributed by atoms with Crippen LogP contribution in [0.2, 0.25) is 0 Å². The highest BCUT2D eigenvalue weighted by molar-refractivity contribution is 6.06. The molecule has 3 rings (SSSR count). The maximum atomic E-state index is 12.6. The molecule has 27 heavy (non-hydrogen) atoms. The Morgan fingerprint density at radius 3 is 2.48 bits per heavy atom. The molecule has 1 aliphatic carbocycles. The third-order valence-corrected chi connectivity index (χ3v) is 4.54. The molecule has 0 atom stereocenters. The standard InChI is InChI=1S/C21H22N2O4/c1-13-18(9-10-19(13)24)22-15-7-8-17(20(12-15)27-3)21(25)23-14-5-4-6-16(11-14)26-2/h4-8,11-12,22H,9-10H2,1-3H3,(H,23,25). The van der Waals surface area contributed by atoms with Crippen LogP contribution in [0.1, 0.15) is 30.1 Å². The highest BCUT2D eigenvalue weighted by Crippen LogP contribution is 2.29. The molecule has 1 amide bonds. The first-order valence-corrected chi connectivity index (χ1v) is 8.65. The summed E-state index contributed by atoms with van der Waals surface area (Å²) in [6.07, 6.45) is 1.23. The Morgan fingerprint density at radius 2 is 1.81 bits per heavy atom. The van der Waals surface area contributed by atoms with E-state index < -0.39 is 0 Å². The van der Waals surface area contributed by atoms with Crippen LogP contribution in [-0.2, 0) is 4.79 Å². The van der Waals surface area contributed by atoms with Crippen LogP contribution in [-0.4, -0.2) is 25.9 Å². The van der Waals surface area contributed by atoms with Gasteiger partial charge in [0.25, 0.3) is 5.91 Å². The number of carbonyl (C=O) groups excluding carboxylic acids is 2. The molecular formula is C21H22N2O4. The third-order valence-electron chi connectivity index (χ3n) is 4.54. The summed E-state index contributed by atoms with van der Waals surface area (Å²) < 4.78 is 10.6. The summed E-state index contributed by atoms with van der Waals surface area (Å²) in [6, 6.07) is 12.4. The lowest BCUT2D eigenvalue weighted by atomic mass is 10.1. The first-order valence-electron chi connectivity index (χ1n) is 8.65. The summed E-state index contributed by atoms with van der Waals surface area (Å²) in [5.41, 5.74) is 3.49. The number of allylic oxidation sites excluding steroid dienone is 2. The molecule has 0 radical (unpaired) electrons. The van der Waals surface area contributed by atoms with Gasteiger partial charge in [-0.05, 0) is 37.6 Å². The maximum absolute atomic E-state index is 12.6. The van der Waals surface area contributed by atoms with Crippen molar-refractivity contribution >= 4 is 23.1 Å². The molecule has 6 heteroatoms. The first-order chi connectivity index (χ1) is 13.0. The fraction of sp³-hybridized carbons (Fsp3) is 0.238. The van der Waals surface area contributed by atoms with Gasteiger partial charge in [-0.15, -0.1) is 0 Å². The SMILES string of the molecule is COc1cccc(NC(=O)c2ccc(NC3=C(C)C(=O)CC3)cc2OC)c1. The zero-order valence-corrected chi connectivity index (χ0v) is 15.6. The number of rotatable bonds is 6. The van der Waals surface area contributed by atoms with Crippen LogP contribution in [0, 0.1) is 0 Å². The number of hydrogen-bond acceptors (Lipinski definition) is 5. The van der Waals surface area contributed by atoms with Crippen molar-refractivity contribution in [1.29, 1.82) is 0 Å². The average molecular weight is 366 g/mol. The van der Waals surface area contributed by atoms with Crippen molar-refractivity contribution in [2.24, 2.45) is 0 Å². The second kappa shape index (κ2) is 7.95. The lowest BCUT2D eigenvalue weighted by molar-refractivity contribution is -0.114. The summed E-state index contributed by atoms with van der Waals surface area (Å²) in [4.78, 5) is 24.3. The molecule has 0 saturated heterocycles. The summed E-state index contributed by atoms with van der Waals surface area (Å²) >= 11 is 0. The number of nitrogens with one attached hydrogen (secondary N) is 2. The molecule has 0 aliphatic heterocycles. The number of anilines is 2. The van der Waals surface area contributed by atoms with Crippen LogP contribution in [0.5, 0.6) is 11.5 Å². The van der Waals surface area contributed by atoms with Gasteiger partial charge in [0.1, 0.15) is 11.5 Å². The van der Waals surface area contributed by atoms with Crippen LogP contribution in [0.25, 0.3) is 0 Å². The van der Waals surface area contributed by atoms with Crippen molar-refractivity contribution in [2.45, 2.75) is 19.8 Å². The fourth-order valence-corrected chi connectivity index (χ4v) is 2.97. The van der Waals surface area contributed by atoms with E-state index in [9.17, 15) is 9.59 Å². The minimum absolute atomic E-state index is 0.166. The number of ether oxygens (including phenoxy) is 2. The lowest BCUT2D eigenvalue weighted by Crippen LogP contribution is -2.13. The van der Waals surface area contributed by atoms with E-state index in [4.69, 9.17) is 9.47 Å². The molecule has 0 bridgehead atoms. The van der Waals surface area contributed by atoms with Crippen molar-refractivity contribution in [3.63, 3.8) is 0 Å². The lowest BCUT2D eigenvalue weighted by Gasteiger charge is -2.13. The molecule has 0 spiro atoms. The molecule has 140 valence electrons. The smallest absolute Gasteiger partial charge is 0.259 e. The van der Waals surface area contributed by atoms with Crippen LogP contribution in [0.3, 0.4) is 0 Å². The van der Waals surface area contributed by atoms with Gasteiger partial charge in [0, 0.05) is 41.2 Å². The normalized spacial score (nSPS) is 13.5. The summed E-state index contributed by atoms with van der Waals surface area (Å²) in [5, 5.41) is 6.10. The summed E-state index contributed by atoms with van der Waals surface area (Å²) in [7, 11) is 3.09. The Kier molecular flexibility index (Phi) is 5.45. The Morgan fingerprint density at radius 1 is 1.00 bits per heavy atom. The van der Waals surface area contributed by atoms with Gasteiger partial charge in [0.2, 0.25) is 0 Å². The van der Waals surface area contributed by atoms with Crippen LogP contribution >= 0.6 is 0 Å². The van der Waals surface area contributed by atoms with Gasteiger partial charge >= 0.3 is 0 Å². The van der Waals surface area contributed by atoms with E-state index in [0.29, 0.717) is 35.6 Å². The van der Waals surface area contributed by atoms with Crippen LogP contribution < -0.4 is 20.1 Å². The Hall–Kier alpha value is -3.28. The highest BCUT2D eigenvalue weighted by Gasteiger charge is 2.20. The Bertz CT molecular complexity index is 918. The molecule has 1 aliphatic rings. The van der Waals surface area contributed by atoms with Crippen molar-refractivity contribution < 1.29 is 19.1 Å². The summed E-state index contributed by atoms with van der Waals surface area (Å²) in [5.74, 6) is 0.994. The second-order valence-electron chi connectivity index (χ2n) is 6.25. The number of carbonyl (C=O) groups is 2. The van der Waals surface area contributed by atoms with Gasteiger partial charge in [0.05, 0.1) is 19.8 Å². The molecule has 0 unspecified atom stereocenters. The van der Waals surface area contributed by atoms with Gasteiger partial charge in [-0.25, -0.2) is 0 Å². The molecule has 2 N–H and O–H groups in total. The average Bonchev–Trinajstić information content (AvgIpc) is 3.00. The minimum atomic E-state index is -0.280. The maximum Gasteiger partial charge on any atom is 0.259 e. The predicted octanol–water partition coefficient (Wildman–Crippen LogP) is 4.00. The van der Waals surface area contributed by atoms with Crippen molar-refractivity contribution in [2.75, 3.05) is 24.9 Å². The molecule has 6 nitrogen and oxygen atoms in total. The number of methoxy groups -OCH3 is 2. The van der Waals surface area contributed by atoms with E-state index in [1.165, 1.54) is 7.11 Å². The number of benzene rings is 2. The largest absolute Gasteiger partial charge is 0.497 e. The van der Waals surface area contributed by atoms with Crippen molar-refractivity contribution in [1.82, 2.24) is 0 Å². The predicted molar refractivity (Wildman–Crippen MR) is 105 cm³/mol. The van der Waals surface area contributed by atoms with E-state index >= 15 is 0 Å². The van der Waals surface area contributed by atoms with Gasteiger partial charge in [-0.1, -0.05) is 6.07 Å². The fourth-order valence-electron chi connectivity index (χ4n) is 2.97. The number of Topliss-reactive ketones (excluding diaryl/α,β-unsaturated/α-hetero) is 1. The summed E-state index contributed by atoms with van der Waals surface area (Å²) in [6.45, 7) is 1.82. The van der Waals surface area contributed by atoms with Gasteiger partial charge in [0.15, 0.2) is 5.78 Å². The monoisotopic (exact) mass is 366 g/mol.